The Balaban J connectivity index is 2.70. The van der Waals surface area contributed by atoms with Crippen molar-refractivity contribution < 1.29 is 14.3 Å². The number of halogens is 1. The van der Waals surface area contributed by atoms with Crippen molar-refractivity contribution in [2.24, 2.45) is 0 Å². The predicted molar refractivity (Wildman–Crippen MR) is 85.3 cm³/mol. The highest BCUT2D eigenvalue weighted by atomic mass is 35.5. The van der Waals surface area contributed by atoms with Gasteiger partial charge in [0.1, 0.15) is 5.60 Å². The van der Waals surface area contributed by atoms with E-state index in [4.69, 9.17) is 16.3 Å². The number of amides is 1. The van der Waals surface area contributed by atoms with E-state index in [-0.39, 0.29) is 18.3 Å². The van der Waals surface area contributed by atoms with Crippen LogP contribution in [0.2, 0.25) is 5.02 Å². The molecular weight excluding hydrogens is 290 g/mol. The van der Waals surface area contributed by atoms with E-state index in [2.05, 4.69) is 5.32 Å². The summed E-state index contributed by atoms with van der Waals surface area (Å²) in [5.41, 5.74) is 0.932. The summed E-state index contributed by atoms with van der Waals surface area (Å²) in [6.45, 7) is 6.90. The third-order valence-corrected chi connectivity index (χ3v) is 2.47. The fourth-order valence-electron chi connectivity index (χ4n) is 1.66. The minimum absolute atomic E-state index is 0.166. The minimum Gasteiger partial charge on any atom is -0.460 e. The number of anilines is 1. The molecule has 1 aromatic carbocycles. The second-order valence-corrected chi connectivity index (χ2v) is 6.08. The lowest BCUT2D eigenvalue weighted by Crippen LogP contribution is -2.23. The minimum atomic E-state index is -0.487. The Morgan fingerprint density at radius 3 is 2.52 bits per heavy atom. The Kier molecular flexibility index (Phi) is 5.97. The highest BCUT2D eigenvalue weighted by Crippen LogP contribution is 2.20. The number of rotatable bonds is 4. The van der Waals surface area contributed by atoms with Gasteiger partial charge in [0.15, 0.2) is 0 Å². The van der Waals surface area contributed by atoms with Crippen molar-refractivity contribution in [3.8, 4) is 0 Å². The van der Waals surface area contributed by atoms with Gasteiger partial charge in [0, 0.05) is 17.6 Å². The summed E-state index contributed by atoms with van der Waals surface area (Å²) in [6, 6.07) is 5.19. The maximum absolute atomic E-state index is 11.6. The third kappa shape index (κ3) is 7.51. The molecule has 1 aromatic rings. The van der Waals surface area contributed by atoms with Crippen LogP contribution in [0.15, 0.2) is 24.3 Å². The molecule has 0 radical (unpaired) electrons. The largest absolute Gasteiger partial charge is 0.460 e. The van der Waals surface area contributed by atoms with E-state index < -0.39 is 5.60 Å². The molecule has 0 heterocycles. The molecule has 0 spiro atoms. The van der Waals surface area contributed by atoms with Crippen LogP contribution in [0.1, 0.15) is 39.7 Å². The summed E-state index contributed by atoms with van der Waals surface area (Å²) in [5, 5.41) is 3.18. The van der Waals surface area contributed by atoms with Crippen molar-refractivity contribution in [3.05, 3.63) is 34.9 Å². The number of benzene rings is 1. The van der Waals surface area contributed by atoms with E-state index in [9.17, 15) is 9.59 Å². The molecule has 5 heteroatoms. The molecule has 0 aliphatic rings. The van der Waals surface area contributed by atoms with Crippen LogP contribution in [0.5, 0.6) is 0 Å². The Bertz CT molecular complexity index is 559. The third-order valence-electron chi connectivity index (χ3n) is 2.26. The van der Waals surface area contributed by atoms with Gasteiger partial charge in [-0.1, -0.05) is 23.8 Å². The van der Waals surface area contributed by atoms with Crippen molar-refractivity contribution in [1.29, 1.82) is 0 Å². The molecule has 1 N–H and O–H groups in total. The number of carbonyl (C=O) groups excluding carboxylic acids is 2. The van der Waals surface area contributed by atoms with E-state index in [1.54, 1.807) is 30.4 Å². The van der Waals surface area contributed by atoms with E-state index in [0.29, 0.717) is 10.7 Å². The first kappa shape index (κ1) is 17.2. The zero-order valence-corrected chi connectivity index (χ0v) is 13.5. The van der Waals surface area contributed by atoms with Gasteiger partial charge in [0.2, 0.25) is 5.91 Å². The molecule has 0 saturated carbocycles. The number of hydrogen-bond acceptors (Lipinski definition) is 3. The van der Waals surface area contributed by atoms with Gasteiger partial charge in [-0.2, -0.15) is 0 Å². The van der Waals surface area contributed by atoms with Gasteiger partial charge < -0.3 is 10.1 Å². The number of hydrogen-bond donors (Lipinski definition) is 1. The number of esters is 1. The van der Waals surface area contributed by atoms with Gasteiger partial charge in [0.25, 0.3) is 0 Å². The second-order valence-electron chi connectivity index (χ2n) is 5.65. The predicted octanol–water partition coefficient (Wildman–Crippen LogP) is 4.04. The van der Waals surface area contributed by atoms with Gasteiger partial charge >= 0.3 is 5.97 Å². The summed E-state index contributed by atoms with van der Waals surface area (Å²) < 4.78 is 5.20. The molecule has 0 atom stereocenters. The Morgan fingerprint density at radius 1 is 1.29 bits per heavy atom. The molecule has 1 rings (SSSR count). The first-order valence-electron chi connectivity index (χ1n) is 6.62. The fourth-order valence-corrected chi connectivity index (χ4v) is 1.90. The second kappa shape index (κ2) is 7.27. The van der Waals surface area contributed by atoms with Gasteiger partial charge in [-0.15, -0.1) is 0 Å². The summed E-state index contributed by atoms with van der Waals surface area (Å²) in [5.74, 6) is -0.455. The van der Waals surface area contributed by atoms with Crippen molar-refractivity contribution in [2.45, 2.75) is 39.7 Å². The standard InChI is InChI=1S/C16H20ClNO3/c1-11(19)18-14-9-12(8-13(17)10-14)6-5-7-15(20)21-16(2,3)4/h5-6,8-10H,7H2,1-4H3,(H,18,19)/b6-5+. The lowest BCUT2D eigenvalue weighted by molar-refractivity contribution is -0.153. The van der Waals surface area contributed by atoms with Crippen molar-refractivity contribution in [1.82, 2.24) is 0 Å². The van der Waals surface area contributed by atoms with Crippen LogP contribution < -0.4 is 5.32 Å². The molecule has 0 unspecified atom stereocenters. The first-order chi connectivity index (χ1) is 9.65. The van der Waals surface area contributed by atoms with Crippen molar-refractivity contribution in [2.75, 3.05) is 5.32 Å². The molecule has 0 aromatic heterocycles. The zero-order valence-electron chi connectivity index (χ0n) is 12.7. The smallest absolute Gasteiger partial charge is 0.310 e. The van der Waals surface area contributed by atoms with Crippen LogP contribution in [-0.4, -0.2) is 17.5 Å². The summed E-state index contributed by atoms with van der Waals surface area (Å²) in [4.78, 5) is 22.6. The molecule has 0 bridgehead atoms. The normalized spacial score (nSPS) is 11.5. The van der Waals surface area contributed by atoms with Crippen molar-refractivity contribution in [3.63, 3.8) is 0 Å². The average Bonchev–Trinajstić information content (AvgIpc) is 2.24. The maximum atomic E-state index is 11.6. The van der Waals surface area contributed by atoms with Gasteiger partial charge in [0.05, 0.1) is 6.42 Å². The van der Waals surface area contributed by atoms with Crippen LogP contribution >= 0.6 is 11.6 Å². The fraction of sp³-hybridized carbons (Fsp3) is 0.375. The molecule has 21 heavy (non-hydrogen) atoms. The zero-order chi connectivity index (χ0) is 16.0. The lowest BCUT2D eigenvalue weighted by Gasteiger charge is -2.18. The van der Waals surface area contributed by atoms with E-state index in [1.807, 2.05) is 20.8 Å². The Labute approximate surface area is 130 Å². The van der Waals surface area contributed by atoms with Crippen LogP contribution in [0.4, 0.5) is 5.69 Å². The lowest BCUT2D eigenvalue weighted by atomic mass is 10.1. The van der Waals surface area contributed by atoms with Crippen LogP contribution in [-0.2, 0) is 14.3 Å². The highest BCUT2D eigenvalue weighted by Gasteiger charge is 2.14. The first-order valence-corrected chi connectivity index (χ1v) is 7.00. The summed E-state index contributed by atoms with van der Waals surface area (Å²) in [6.07, 6.45) is 3.65. The summed E-state index contributed by atoms with van der Waals surface area (Å²) in [7, 11) is 0. The van der Waals surface area contributed by atoms with Gasteiger partial charge in [-0.25, -0.2) is 0 Å². The number of ether oxygens (including phenoxy) is 1. The summed E-state index contributed by atoms with van der Waals surface area (Å²) >= 11 is 5.99. The molecule has 0 saturated heterocycles. The average molecular weight is 310 g/mol. The molecule has 0 aliphatic heterocycles. The van der Waals surface area contributed by atoms with Crippen molar-refractivity contribution >= 4 is 35.2 Å². The molecule has 4 nitrogen and oxygen atoms in total. The van der Waals surface area contributed by atoms with E-state index in [1.165, 1.54) is 6.92 Å². The molecule has 0 fully saturated rings. The monoisotopic (exact) mass is 309 g/mol. The van der Waals surface area contributed by atoms with Gasteiger partial charge in [-0.05, 0) is 44.5 Å². The Hall–Kier alpha value is -1.81. The number of nitrogens with one attached hydrogen (secondary N) is 1. The SMILES string of the molecule is CC(=O)Nc1cc(Cl)cc(/C=C/CC(=O)OC(C)(C)C)c1. The van der Waals surface area contributed by atoms with Crippen LogP contribution in [0, 0.1) is 0 Å². The van der Waals surface area contributed by atoms with E-state index >= 15 is 0 Å². The topological polar surface area (TPSA) is 55.4 Å². The van der Waals surface area contributed by atoms with Crippen LogP contribution in [0.25, 0.3) is 6.08 Å². The maximum Gasteiger partial charge on any atom is 0.310 e. The highest BCUT2D eigenvalue weighted by molar-refractivity contribution is 6.31. The molecule has 114 valence electrons. The molecular formula is C16H20ClNO3. The molecule has 1 amide bonds. The Morgan fingerprint density at radius 2 is 1.95 bits per heavy atom. The quantitative estimate of drug-likeness (QED) is 0.854. The molecule has 0 aliphatic carbocycles. The number of carbonyl (C=O) groups is 2. The van der Waals surface area contributed by atoms with Crippen LogP contribution in [0.3, 0.4) is 0 Å². The van der Waals surface area contributed by atoms with E-state index in [0.717, 1.165) is 5.56 Å². The van der Waals surface area contributed by atoms with Gasteiger partial charge in [-0.3, -0.25) is 9.59 Å².